The van der Waals surface area contributed by atoms with E-state index in [0.29, 0.717) is 11.7 Å². The first-order chi connectivity index (χ1) is 8.93. The van der Waals surface area contributed by atoms with Gasteiger partial charge in [0.1, 0.15) is 5.82 Å². The van der Waals surface area contributed by atoms with Crippen LogP contribution in [0.5, 0.6) is 0 Å². The molecule has 0 fully saturated rings. The first-order valence-corrected chi connectivity index (χ1v) is 6.64. The summed E-state index contributed by atoms with van der Waals surface area (Å²) in [6, 6.07) is 1.40. The van der Waals surface area contributed by atoms with Gasteiger partial charge in [-0.2, -0.15) is 5.10 Å². The van der Waals surface area contributed by atoms with Crippen LogP contribution in [0, 0.1) is 11.8 Å². The maximum Gasteiger partial charge on any atom is 0.320 e. The Balaban J connectivity index is 2.55. The molecular formula is C13H24N4O2. The number of urea groups is 1. The Morgan fingerprint density at radius 1 is 1.42 bits per heavy atom. The second kappa shape index (κ2) is 7.13. The highest BCUT2D eigenvalue weighted by molar-refractivity contribution is 5.88. The van der Waals surface area contributed by atoms with Gasteiger partial charge in [0, 0.05) is 25.3 Å². The third-order valence-corrected chi connectivity index (χ3v) is 3.00. The summed E-state index contributed by atoms with van der Waals surface area (Å²) in [5.41, 5.74) is 0. The zero-order valence-corrected chi connectivity index (χ0v) is 12.1. The monoisotopic (exact) mass is 268 g/mol. The Morgan fingerprint density at radius 2 is 2.11 bits per heavy atom. The molecule has 0 spiro atoms. The molecule has 2 unspecified atom stereocenters. The van der Waals surface area contributed by atoms with Crippen LogP contribution in [0.3, 0.4) is 0 Å². The van der Waals surface area contributed by atoms with Gasteiger partial charge in [0.05, 0.1) is 6.20 Å². The van der Waals surface area contributed by atoms with Crippen LogP contribution in [0.2, 0.25) is 0 Å². The molecule has 0 aliphatic heterocycles. The van der Waals surface area contributed by atoms with Crippen LogP contribution in [-0.2, 0) is 6.54 Å². The van der Waals surface area contributed by atoms with Crippen molar-refractivity contribution in [3.8, 4) is 0 Å². The topological polar surface area (TPSA) is 79.2 Å². The minimum atomic E-state index is -0.279. The number of carbonyl (C=O) groups excluding carboxylic acids is 1. The number of anilines is 1. The molecule has 3 N–H and O–H groups in total. The Bertz CT molecular complexity index is 403. The predicted octanol–water partition coefficient (Wildman–Crippen LogP) is 1.68. The fourth-order valence-electron chi connectivity index (χ4n) is 1.59. The lowest BCUT2D eigenvalue weighted by molar-refractivity contribution is 0.204. The van der Waals surface area contributed by atoms with Gasteiger partial charge >= 0.3 is 6.03 Å². The van der Waals surface area contributed by atoms with Gasteiger partial charge in [0.25, 0.3) is 0 Å². The number of aliphatic hydroxyl groups excluding tert-OH is 1. The van der Waals surface area contributed by atoms with E-state index in [2.05, 4.69) is 29.6 Å². The summed E-state index contributed by atoms with van der Waals surface area (Å²) in [6.45, 7) is 8.74. The van der Waals surface area contributed by atoms with Crippen molar-refractivity contribution < 1.29 is 9.90 Å². The average Bonchev–Trinajstić information content (AvgIpc) is 2.74. The quantitative estimate of drug-likeness (QED) is 0.734. The van der Waals surface area contributed by atoms with Crippen LogP contribution in [0.15, 0.2) is 12.3 Å². The first-order valence-electron chi connectivity index (χ1n) is 6.64. The second-order valence-corrected chi connectivity index (χ2v) is 5.34. The van der Waals surface area contributed by atoms with E-state index in [0.717, 1.165) is 6.54 Å². The molecule has 2 atom stereocenters. The fraction of sp³-hybridized carbons (Fsp3) is 0.692. The lowest BCUT2D eigenvalue weighted by Gasteiger charge is -2.19. The maximum absolute atomic E-state index is 11.8. The number of aliphatic hydroxyl groups is 1. The molecule has 19 heavy (non-hydrogen) atoms. The Kier molecular flexibility index (Phi) is 5.82. The number of amides is 2. The van der Waals surface area contributed by atoms with Gasteiger partial charge in [-0.25, -0.2) is 9.48 Å². The molecule has 1 rings (SSSR count). The van der Waals surface area contributed by atoms with E-state index in [1.54, 1.807) is 16.9 Å². The summed E-state index contributed by atoms with van der Waals surface area (Å²) in [6.07, 6.45) is 1.66. The zero-order valence-electron chi connectivity index (χ0n) is 12.1. The molecule has 0 saturated carbocycles. The van der Waals surface area contributed by atoms with E-state index in [9.17, 15) is 4.79 Å². The standard InChI is InChI=1S/C13H24N4O2/c1-9(2)7-17-12(5-6-14-17)16-13(19)15-11(4)10(3)8-18/h5-6,9-11,18H,7-8H2,1-4H3,(H2,15,16,19). The number of hydrogen-bond donors (Lipinski definition) is 3. The molecule has 2 amide bonds. The summed E-state index contributed by atoms with van der Waals surface area (Å²) in [4.78, 5) is 11.8. The summed E-state index contributed by atoms with van der Waals surface area (Å²) >= 11 is 0. The lowest BCUT2D eigenvalue weighted by atomic mass is 10.1. The average molecular weight is 268 g/mol. The molecule has 6 heteroatoms. The van der Waals surface area contributed by atoms with Crippen LogP contribution in [0.1, 0.15) is 27.7 Å². The predicted molar refractivity (Wildman–Crippen MR) is 74.9 cm³/mol. The van der Waals surface area contributed by atoms with Crippen molar-refractivity contribution in [3.05, 3.63) is 12.3 Å². The van der Waals surface area contributed by atoms with Crippen LogP contribution < -0.4 is 10.6 Å². The van der Waals surface area contributed by atoms with Gasteiger partial charge in [-0.15, -0.1) is 0 Å². The molecule has 0 saturated heterocycles. The minimum absolute atomic E-state index is 0.0197. The van der Waals surface area contributed by atoms with E-state index < -0.39 is 0 Å². The third-order valence-electron chi connectivity index (χ3n) is 3.00. The highest BCUT2D eigenvalue weighted by Crippen LogP contribution is 2.09. The smallest absolute Gasteiger partial charge is 0.320 e. The molecule has 1 aromatic rings. The van der Waals surface area contributed by atoms with E-state index in [-0.39, 0.29) is 24.6 Å². The lowest BCUT2D eigenvalue weighted by Crippen LogP contribution is -2.41. The van der Waals surface area contributed by atoms with Gasteiger partial charge in [0.15, 0.2) is 0 Å². The number of carbonyl (C=O) groups is 1. The van der Waals surface area contributed by atoms with Crippen molar-refractivity contribution in [2.24, 2.45) is 11.8 Å². The number of aromatic nitrogens is 2. The highest BCUT2D eigenvalue weighted by Gasteiger charge is 2.15. The van der Waals surface area contributed by atoms with E-state index in [4.69, 9.17) is 5.11 Å². The molecule has 108 valence electrons. The van der Waals surface area contributed by atoms with Crippen LogP contribution >= 0.6 is 0 Å². The zero-order chi connectivity index (χ0) is 14.4. The molecule has 1 aromatic heterocycles. The van der Waals surface area contributed by atoms with Crippen LogP contribution in [0.25, 0.3) is 0 Å². The second-order valence-electron chi connectivity index (χ2n) is 5.34. The first kappa shape index (κ1) is 15.5. The number of hydrogen-bond acceptors (Lipinski definition) is 3. The summed E-state index contributed by atoms with van der Waals surface area (Å²) in [5, 5.41) is 18.8. The molecule has 0 aromatic carbocycles. The molecule has 0 radical (unpaired) electrons. The minimum Gasteiger partial charge on any atom is -0.396 e. The summed E-state index contributed by atoms with van der Waals surface area (Å²) in [5.74, 6) is 1.15. The Morgan fingerprint density at radius 3 is 2.68 bits per heavy atom. The van der Waals surface area contributed by atoms with E-state index in [1.807, 2.05) is 13.8 Å². The number of nitrogens with zero attached hydrogens (tertiary/aromatic N) is 2. The van der Waals surface area contributed by atoms with Crippen molar-refractivity contribution in [1.29, 1.82) is 0 Å². The van der Waals surface area contributed by atoms with Crippen LogP contribution in [-0.4, -0.2) is 33.6 Å². The van der Waals surface area contributed by atoms with Crippen molar-refractivity contribution in [2.75, 3.05) is 11.9 Å². The fourth-order valence-corrected chi connectivity index (χ4v) is 1.59. The number of nitrogens with one attached hydrogen (secondary N) is 2. The van der Waals surface area contributed by atoms with Gasteiger partial charge in [-0.1, -0.05) is 20.8 Å². The van der Waals surface area contributed by atoms with E-state index in [1.165, 1.54) is 0 Å². The number of rotatable bonds is 6. The van der Waals surface area contributed by atoms with Crippen molar-refractivity contribution in [2.45, 2.75) is 40.3 Å². The highest BCUT2D eigenvalue weighted by atomic mass is 16.3. The van der Waals surface area contributed by atoms with Crippen molar-refractivity contribution in [1.82, 2.24) is 15.1 Å². The van der Waals surface area contributed by atoms with Gasteiger partial charge in [-0.05, 0) is 18.8 Å². The maximum atomic E-state index is 11.8. The van der Waals surface area contributed by atoms with Gasteiger partial charge in [-0.3, -0.25) is 5.32 Å². The van der Waals surface area contributed by atoms with Crippen molar-refractivity contribution in [3.63, 3.8) is 0 Å². The molecule has 6 nitrogen and oxygen atoms in total. The van der Waals surface area contributed by atoms with Crippen molar-refractivity contribution >= 4 is 11.8 Å². The molecule has 1 heterocycles. The van der Waals surface area contributed by atoms with Crippen LogP contribution in [0.4, 0.5) is 10.6 Å². The molecule has 0 bridgehead atoms. The van der Waals surface area contributed by atoms with Gasteiger partial charge in [0.2, 0.25) is 0 Å². The SMILES string of the molecule is CC(C)Cn1nccc1NC(=O)NC(C)C(C)CO. The van der Waals surface area contributed by atoms with Gasteiger partial charge < -0.3 is 10.4 Å². The summed E-state index contributed by atoms with van der Waals surface area (Å²) in [7, 11) is 0. The normalized spacial score (nSPS) is 14.2. The molecular weight excluding hydrogens is 244 g/mol. The Hall–Kier alpha value is -1.56. The molecule has 0 aliphatic rings. The molecule has 0 aliphatic carbocycles. The third kappa shape index (κ3) is 4.90. The Labute approximate surface area is 114 Å². The largest absolute Gasteiger partial charge is 0.396 e. The summed E-state index contributed by atoms with van der Waals surface area (Å²) < 4.78 is 1.77. The van der Waals surface area contributed by atoms with E-state index >= 15 is 0 Å².